The van der Waals surface area contributed by atoms with Crippen molar-refractivity contribution in [3.63, 3.8) is 0 Å². The quantitative estimate of drug-likeness (QED) is 0.661. The molecule has 0 N–H and O–H groups in total. The summed E-state index contributed by atoms with van der Waals surface area (Å²) >= 11 is 7.35. The number of fused-ring (bicyclic) bond motifs is 1. The SMILES string of the molecule is C#CCn1c(=NC(=O)c2cccc(Cl)c2)sc2ccccc21. The molecule has 0 fully saturated rings. The highest BCUT2D eigenvalue weighted by Crippen LogP contribution is 2.17. The zero-order valence-electron chi connectivity index (χ0n) is 11.5. The standard InChI is InChI=1S/C17H11ClN2OS/c1-2-10-20-14-8-3-4-9-15(14)22-17(20)19-16(21)12-6-5-7-13(18)11-12/h1,3-9,11H,10H2. The number of hydrogen-bond acceptors (Lipinski definition) is 2. The highest BCUT2D eigenvalue weighted by molar-refractivity contribution is 7.16. The van der Waals surface area contributed by atoms with Crippen LogP contribution < -0.4 is 4.80 Å². The van der Waals surface area contributed by atoms with Crippen molar-refractivity contribution in [1.29, 1.82) is 0 Å². The third kappa shape index (κ3) is 2.82. The van der Waals surface area contributed by atoms with Crippen LogP contribution in [0, 0.1) is 12.3 Å². The molecule has 0 aliphatic heterocycles. The number of terminal acetylenes is 1. The minimum absolute atomic E-state index is 0.333. The summed E-state index contributed by atoms with van der Waals surface area (Å²) in [5.74, 6) is 2.27. The zero-order chi connectivity index (χ0) is 15.5. The Bertz CT molecular complexity index is 962. The van der Waals surface area contributed by atoms with Crippen LogP contribution in [0.3, 0.4) is 0 Å². The highest BCUT2D eigenvalue weighted by atomic mass is 35.5. The van der Waals surface area contributed by atoms with Gasteiger partial charge < -0.3 is 4.57 Å². The summed E-state index contributed by atoms with van der Waals surface area (Å²) in [4.78, 5) is 17.1. The fourth-order valence-corrected chi connectivity index (χ4v) is 3.34. The lowest BCUT2D eigenvalue weighted by molar-refractivity contribution is 0.0998. The lowest BCUT2D eigenvalue weighted by Crippen LogP contribution is -2.16. The summed E-state index contributed by atoms with van der Waals surface area (Å²) in [6.45, 7) is 0.367. The normalized spacial score (nSPS) is 11.5. The number of thiazole rings is 1. The van der Waals surface area contributed by atoms with Gasteiger partial charge in [-0.1, -0.05) is 47.1 Å². The van der Waals surface area contributed by atoms with Gasteiger partial charge in [0.2, 0.25) is 0 Å². The van der Waals surface area contributed by atoms with Crippen molar-refractivity contribution in [2.45, 2.75) is 6.54 Å². The summed E-state index contributed by atoms with van der Waals surface area (Å²) in [5, 5.41) is 0.508. The monoisotopic (exact) mass is 326 g/mol. The van der Waals surface area contributed by atoms with E-state index in [4.69, 9.17) is 18.0 Å². The number of amides is 1. The van der Waals surface area contributed by atoms with E-state index in [0.717, 1.165) is 10.2 Å². The van der Waals surface area contributed by atoms with E-state index in [0.29, 0.717) is 21.9 Å². The van der Waals surface area contributed by atoms with Crippen LogP contribution in [-0.2, 0) is 6.54 Å². The van der Waals surface area contributed by atoms with Gasteiger partial charge in [0.1, 0.15) is 0 Å². The molecule has 5 heteroatoms. The smallest absolute Gasteiger partial charge is 0.279 e. The molecular formula is C17H11ClN2OS. The minimum atomic E-state index is -0.333. The first-order valence-corrected chi connectivity index (χ1v) is 7.75. The number of nitrogens with zero attached hydrogens (tertiary/aromatic N) is 2. The predicted molar refractivity (Wildman–Crippen MR) is 90.0 cm³/mol. The number of benzene rings is 2. The molecule has 2 aromatic carbocycles. The first kappa shape index (κ1) is 14.6. The molecule has 3 aromatic rings. The molecule has 0 atom stereocenters. The number of aromatic nitrogens is 1. The average molecular weight is 327 g/mol. The van der Waals surface area contributed by atoms with Gasteiger partial charge in [0.25, 0.3) is 5.91 Å². The number of halogens is 1. The molecule has 3 nitrogen and oxygen atoms in total. The number of rotatable bonds is 2. The maximum absolute atomic E-state index is 12.3. The number of hydrogen-bond donors (Lipinski definition) is 0. The minimum Gasteiger partial charge on any atom is -0.305 e. The first-order valence-electron chi connectivity index (χ1n) is 6.55. The van der Waals surface area contributed by atoms with Crippen molar-refractivity contribution in [3.05, 3.63) is 63.9 Å². The van der Waals surface area contributed by atoms with Gasteiger partial charge in [-0.05, 0) is 30.3 Å². The Balaban J connectivity index is 2.14. The van der Waals surface area contributed by atoms with Crippen molar-refractivity contribution < 1.29 is 4.79 Å². The molecule has 0 radical (unpaired) electrons. The number of para-hydroxylation sites is 1. The number of carbonyl (C=O) groups excluding carboxylic acids is 1. The number of carbonyl (C=O) groups is 1. The van der Waals surface area contributed by atoms with Crippen molar-refractivity contribution in [2.75, 3.05) is 0 Å². The molecule has 1 aromatic heterocycles. The molecule has 1 heterocycles. The fraction of sp³-hybridized carbons (Fsp3) is 0.0588. The van der Waals surface area contributed by atoms with E-state index in [1.165, 1.54) is 11.3 Å². The van der Waals surface area contributed by atoms with Crippen molar-refractivity contribution in [1.82, 2.24) is 4.57 Å². The van der Waals surface area contributed by atoms with Gasteiger partial charge in [-0.3, -0.25) is 4.79 Å². The summed E-state index contributed by atoms with van der Waals surface area (Å²) in [6, 6.07) is 14.6. The molecule has 0 spiro atoms. The van der Waals surface area contributed by atoms with E-state index in [1.807, 2.05) is 28.8 Å². The molecular weight excluding hydrogens is 316 g/mol. The molecule has 22 heavy (non-hydrogen) atoms. The lowest BCUT2D eigenvalue weighted by Gasteiger charge is -1.99. The summed E-state index contributed by atoms with van der Waals surface area (Å²) in [5.41, 5.74) is 1.43. The van der Waals surface area contributed by atoms with Gasteiger partial charge in [0.15, 0.2) is 4.80 Å². The van der Waals surface area contributed by atoms with E-state index >= 15 is 0 Å². The second-order valence-corrected chi connectivity index (χ2v) is 6.02. The summed E-state index contributed by atoms with van der Waals surface area (Å²) in [6.07, 6.45) is 5.43. The van der Waals surface area contributed by atoms with Gasteiger partial charge in [0, 0.05) is 10.6 Å². The van der Waals surface area contributed by atoms with Gasteiger partial charge in [0.05, 0.1) is 16.8 Å². The average Bonchev–Trinajstić information content (AvgIpc) is 2.85. The lowest BCUT2D eigenvalue weighted by atomic mass is 10.2. The van der Waals surface area contributed by atoms with Crippen LogP contribution in [0.2, 0.25) is 5.02 Å². The van der Waals surface area contributed by atoms with E-state index in [-0.39, 0.29) is 5.91 Å². The molecule has 0 aliphatic carbocycles. The Labute approximate surface area is 136 Å². The third-order valence-electron chi connectivity index (χ3n) is 3.11. The Morgan fingerprint density at radius 2 is 2.09 bits per heavy atom. The topological polar surface area (TPSA) is 34.4 Å². The van der Waals surface area contributed by atoms with Crippen molar-refractivity contribution in [2.24, 2.45) is 4.99 Å². The highest BCUT2D eigenvalue weighted by Gasteiger charge is 2.08. The van der Waals surface area contributed by atoms with E-state index in [1.54, 1.807) is 24.3 Å². The maximum atomic E-state index is 12.3. The Morgan fingerprint density at radius 1 is 1.27 bits per heavy atom. The van der Waals surface area contributed by atoms with Gasteiger partial charge in [-0.25, -0.2) is 0 Å². The molecule has 1 amide bonds. The van der Waals surface area contributed by atoms with Crippen LogP contribution in [0.15, 0.2) is 53.5 Å². The molecule has 0 unspecified atom stereocenters. The fourth-order valence-electron chi connectivity index (χ4n) is 2.12. The van der Waals surface area contributed by atoms with Crippen LogP contribution >= 0.6 is 22.9 Å². The molecule has 108 valence electrons. The molecule has 0 bridgehead atoms. The maximum Gasteiger partial charge on any atom is 0.279 e. The molecule has 0 saturated carbocycles. The van der Waals surface area contributed by atoms with Gasteiger partial charge >= 0.3 is 0 Å². The van der Waals surface area contributed by atoms with Crippen molar-refractivity contribution >= 4 is 39.1 Å². The van der Waals surface area contributed by atoms with E-state index in [9.17, 15) is 4.79 Å². The first-order chi connectivity index (χ1) is 10.7. The van der Waals surface area contributed by atoms with Crippen LogP contribution in [0.4, 0.5) is 0 Å². The molecule has 0 saturated heterocycles. The summed E-state index contributed by atoms with van der Waals surface area (Å²) < 4.78 is 2.90. The largest absolute Gasteiger partial charge is 0.305 e. The predicted octanol–water partition coefficient (Wildman–Crippen LogP) is 3.73. The van der Waals surface area contributed by atoms with Crippen LogP contribution in [0.25, 0.3) is 10.2 Å². The third-order valence-corrected chi connectivity index (χ3v) is 4.40. The van der Waals surface area contributed by atoms with Crippen molar-refractivity contribution in [3.8, 4) is 12.3 Å². The second-order valence-electron chi connectivity index (χ2n) is 4.57. The molecule has 3 rings (SSSR count). The van der Waals surface area contributed by atoms with E-state index < -0.39 is 0 Å². The Kier molecular flexibility index (Phi) is 4.10. The van der Waals surface area contributed by atoms with Gasteiger partial charge in [-0.2, -0.15) is 4.99 Å². The molecule has 0 aliphatic rings. The Hall–Kier alpha value is -2.35. The zero-order valence-corrected chi connectivity index (χ0v) is 13.1. The van der Waals surface area contributed by atoms with E-state index in [2.05, 4.69) is 10.9 Å². The van der Waals surface area contributed by atoms with Gasteiger partial charge in [-0.15, -0.1) is 6.42 Å². The second kappa shape index (κ2) is 6.18. The van der Waals surface area contributed by atoms with Crippen LogP contribution in [0.1, 0.15) is 10.4 Å². The summed E-state index contributed by atoms with van der Waals surface area (Å²) in [7, 11) is 0. The Morgan fingerprint density at radius 3 is 2.86 bits per heavy atom. The van der Waals surface area contributed by atoms with Crippen LogP contribution in [-0.4, -0.2) is 10.5 Å². The van der Waals surface area contributed by atoms with Crippen LogP contribution in [0.5, 0.6) is 0 Å².